The van der Waals surface area contributed by atoms with Crippen LogP contribution in [-0.2, 0) is 11.3 Å². The van der Waals surface area contributed by atoms with Crippen molar-refractivity contribution < 1.29 is 9.59 Å². The Hall–Kier alpha value is -2.61. The highest BCUT2D eigenvalue weighted by atomic mass is 32.1. The van der Waals surface area contributed by atoms with E-state index in [1.54, 1.807) is 6.20 Å². The molecule has 4 N–H and O–H groups in total. The summed E-state index contributed by atoms with van der Waals surface area (Å²) >= 11 is 1.48. The van der Waals surface area contributed by atoms with Crippen LogP contribution in [0.4, 0.5) is 10.6 Å². The molecule has 1 unspecified atom stereocenters. The van der Waals surface area contributed by atoms with Gasteiger partial charge in [0.05, 0.1) is 12.5 Å². The quantitative estimate of drug-likeness (QED) is 0.692. The summed E-state index contributed by atoms with van der Waals surface area (Å²) in [5, 5.41) is 7.44. The van der Waals surface area contributed by atoms with Gasteiger partial charge in [0.2, 0.25) is 5.91 Å². The maximum Gasteiger partial charge on any atom is 0.312 e. The van der Waals surface area contributed by atoms with Crippen molar-refractivity contribution in [2.24, 2.45) is 5.73 Å². The molecule has 1 aliphatic rings. The second-order valence-electron chi connectivity index (χ2n) is 6.27. The van der Waals surface area contributed by atoms with Crippen LogP contribution >= 0.6 is 11.3 Å². The highest BCUT2D eigenvalue weighted by Gasteiger charge is 2.18. The third-order valence-corrected chi connectivity index (χ3v) is 5.31. The highest BCUT2D eigenvalue weighted by Crippen LogP contribution is 2.22. The number of thiophene rings is 1. The van der Waals surface area contributed by atoms with E-state index in [4.69, 9.17) is 5.73 Å². The van der Waals surface area contributed by atoms with E-state index in [1.807, 2.05) is 29.6 Å². The van der Waals surface area contributed by atoms with Crippen LogP contribution in [0.3, 0.4) is 0 Å². The predicted molar refractivity (Wildman–Crippen MR) is 102 cm³/mol. The fourth-order valence-corrected chi connectivity index (χ4v) is 3.81. The van der Waals surface area contributed by atoms with Crippen LogP contribution in [0, 0.1) is 0 Å². The molecule has 2 aromatic heterocycles. The molecule has 1 atom stereocenters. The van der Waals surface area contributed by atoms with Crippen molar-refractivity contribution in [2.75, 3.05) is 18.0 Å². The molecule has 2 aromatic rings. The van der Waals surface area contributed by atoms with Crippen molar-refractivity contribution in [3.8, 4) is 0 Å². The first-order chi connectivity index (χ1) is 12.6. The summed E-state index contributed by atoms with van der Waals surface area (Å²) in [5.74, 6) is 0.817. The summed E-state index contributed by atoms with van der Waals surface area (Å²) < 4.78 is 0. The number of rotatable bonds is 7. The van der Waals surface area contributed by atoms with E-state index in [-0.39, 0.29) is 12.3 Å². The van der Waals surface area contributed by atoms with E-state index in [0.29, 0.717) is 6.54 Å². The molecule has 1 aliphatic heterocycles. The van der Waals surface area contributed by atoms with Crippen molar-refractivity contribution in [1.29, 1.82) is 0 Å². The summed E-state index contributed by atoms with van der Waals surface area (Å²) in [7, 11) is 0. The Kier molecular flexibility index (Phi) is 6.06. The number of carbonyl (C=O) groups excluding carboxylic acids is 2. The van der Waals surface area contributed by atoms with Gasteiger partial charge in [-0.1, -0.05) is 6.07 Å². The number of nitrogens with one attached hydrogen (secondary N) is 2. The maximum atomic E-state index is 12.3. The van der Waals surface area contributed by atoms with Gasteiger partial charge in [0, 0.05) is 30.7 Å². The number of hydrogen-bond donors (Lipinski definition) is 3. The minimum absolute atomic E-state index is 0.142. The number of aromatic nitrogens is 1. The molecule has 3 amide bonds. The molecule has 3 heterocycles. The average molecular weight is 373 g/mol. The van der Waals surface area contributed by atoms with Crippen LogP contribution in [0.5, 0.6) is 0 Å². The van der Waals surface area contributed by atoms with Gasteiger partial charge >= 0.3 is 6.03 Å². The monoisotopic (exact) mass is 373 g/mol. The standard InChI is InChI=1S/C18H23N5O2S/c19-18(25)22-14(15-4-3-9-26-15)11-17(24)21-12-13-5-6-20-16(10-13)23-7-1-2-8-23/h3-6,9-10,14H,1-2,7-8,11-12H2,(H,21,24)(H3,19,22,25). The van der Waals surface area contributed by atoms with E-state index in [0.717, 1.165) is 29.3 Å². The molecule has 0 saturated carbocycles. The first-order valence-corrected chi connectivity index (χ1v) is 9.56. The Bertz CT molecular complexity index is 744. The van der Waals surface area contributed by atoms with Crippen molar-refractivity contribution >= 4 is 29.1 Å². The predicted octanol–water partition coefficient (Wildman–Crippen LogP) is 2.16. The van der Waals surface area contributed by atoms with E-state index in [9.17, 15) is 9.59 Å². The van der Waals surface area contributed by atoms with Gasteiger partial charge in [-0.05, 0) is 42.0 Å². The minimum Gasteiger partial charge on any atom is -0.357 e. The molecule has 0 aromatic carbocycles. The molecule has 0 radical (unpaired) electrons. The first-order valence-electron chi connectivity index (χ1n) is 8.68. The molecule has 1 fully saturated rings. The van der Waals surface area contributed by atoms with E-state index < -0.39 is 12.1 Å². The van der Waals surface area contributed by atoms with Crippen LogP contribution in [0.1, 0.15) is 35.7 Å². The number of nitrogens with two attached hydrogens (primary N) is 1. The van der Waals surface area contributed by atoms with Gasteiger partial charge < -0.3 is 21.3 Å². The molecule has 138 valence electrons. The summed E-state index contributed by atoms with van der Waals surface area (Å²) in [5.41, 5.74) is 6.23. The number of amides is 3. The molecule has 0 aliphatic carbocycles. The normalized spacial score (nSPS) is 14.8. The minimum atomic E-state index is -0.638. The number of carbonyl (C=O) groups is 2. The first kappa shape index (κ1) is 18.2. The SMILES string of the molecule is NC(=O)NC(CC(=O)NCc1ccnc(N2CCCC2)c1)c1cccs1. The Morgan fingerprint density at radius 3 is 2.81 bits per heavy atom. The largest absolute Gasteiger partial charge is 0.357 e. The lowest BCUT2D eigenvalue weighted by Crippen LogP contribution is -2.36. The molecule has 26 heavy (non-hydrogen) atoms. The number of anilines is 1. The van der Waals surface area contributed by atoms with E-state index in [1.165, 1.54) is 24.2 Å². The number of hydrogen-bond acceptors (Lipinski definition) is 5. The molecule has 0 spiro atoms. The van der Waals surface area contributed by atoms with E-state index in [2.05, 4.69) is 20.5 Å². The van der Waals surface area contributed by atoms with Crippen molar-refractivity contribution in [1.82, 2.24) is 15.6 Å². The number of pyridine rings is 1. The molecule has 7 nitrogen and oxygen atoms in total. The summed E-state index contributed by atoms with van der Waals surface area (Å²) in [4.78, 5) is 31.1. The zero-order valence-corrected chi connectivity index (χ0v) is 15.3. The third kappa shape index (κ3) is 4.95. The van der Waals surface area contributed by atoms with Gasteiger partial charge in [-0.2, -0.15) is 0 Å². The van der Waals surface area contributed by atoms with Crippen LogP contribution in [0.25, 0.3) is 0 Å². The van der Waals surface area contributed by atoms with Crippen LogP contribution in [-0.4, -0.2) is 30.0 Å². The fraction of sp³-hybridized carbons (Fsp3) is 0.389. The smallest absolute Gasteiger partial charge is 0.312 e. The lowest BCUT2D eigenvalue weighted by Gasteiger charge is -2.18. The summed E-state index contributed by atoms with van der Waals surface area (Å²) in [6.45, 7) is 2.49. The molecule has 0 bridgehead atoms. The second-order valence-corrected chi connectivity index (χ2v) is 7.25. The van der Waals surface area contributed by atoms with Gasteiger partial charge in [0.1, 0.15) is 5.82 Å². The van der Waals surface area contributed by atoms with Gasteiger partial charge in [-0.3, -0.25) is 4.79 Å². The van der Waals surface area contributed by atoms with Crippen LogP contribution < -0.4 is 21.3 Å². The third-order valence-electron chi connectivity index (χ3n) is 4.32. The molecule has 8 heteroatoms. The Balaban J connectivity index is 1.56. The number of nitrogens with zero attached hydrogens (tertiary/aromatic N) is 2. The van der Waals surface area contributed by atoms with Gasteiger partial charge in [-0.15, -0.1) is 11.3 Å². The zero-order chi connectivity index (χ0) is 18.4. The molecular weight excluding hydrogens is 350 g/mol. The highest BCUT2D eigenvalue weighted by molar-refractivity contribution is 7.10. The Labute approximate surface area is 156 Å². The summed E-state index contributed by atoms with van der Waals surface area (Å²) in [6.07, 6.45) is 4.31. The van der Waals surface area contributed by atoms with Crippen LogP contribution in [0.15, 0.2) is 35.8 Å². The van der Waals surface area contributed by atoms with Crippen molar-refractivity contribution in [2.45, 2.75) is 31.8 Å². The Morgan fingerprint density at radius 2 is 2.12 bits per heavy atom. The lowest BCUT2D eigenvalue weighted by atomic mass is 10.1. The van der Waals surface area contributed by atoms with Crippen LogP contribution in [0.2, 0.25) is 0 Å². The number of urea groups is 1. The molecular formula is C18H23N5O2S. The van der Waals surface area contributed by atoms with Gasteiger partial charge in [-0.25, -0.2) is 9.78 Å². The Morgan fingerprint density at radius 1 is 1.31 bits per heavy atom. The second kappa shape index (κ2) is 8.66. The topological polar surface area (TPSA) is 100 Å². The van der Waals surface area contributed by atoms with Crippen molar-refractivity contribution in [3.05, 3.63) is 46.3 Å². The fourth-order valence-electron chi connectivity index (χ4n) is 3.03. The summed E-state index contributed by atoms with van der Waals surface area (Å²) in [6, 6.07) is 6.63. The van der Waals surface area contributed by atoms with Crippen molar-refractivity contribution in [3.63, 3.8) is 0 Å². The number of primary amides is 1. The maximum absolute atomic E-state index is 12.3. The van der Waals surface area contributed by atoms with Gasteiger partial charge in [0.25, 0.3) is 0 Å². The lowest BCUT2D eigenvalue weighted by molar-refractivity contribution is -0.121. The molecule has 1 saturated heterocycles. The molecule has 3 rings (SSSR count). The average Bonchev–Trinajstić information content (AvgIpc) is 3.32. The van der Waals surface area contributed by atoms with E-state index >= 15 is 0 Å². The van der Waals surface area contributed by atoms with Gasteiger partial charge in [0.15, 0.2) is 0 Å². The zero-order valence-electron chi connectivity index (χ0n) is 14.5.